The van der Waals surface area contributed by atoms with Gasteiger partial charge in [-0.15, -0.1) is 0 Å². The number of nitrogens with two attached hydrogens (primary N) is 1. The number of alkyl halides is 2. The Hall–Kier alpha value is -3.58. The molecule has 2 heterocycles. The van der Waals surface area contributed by atoms with Crippen molar-refractivity contribution in [3.05, 3.63) is 53.6 Å². The lowest BCUT2D eigenvalue weighted by Gasteiger charge is -2.25. The number of nitrogen functional groups attached to an aromatic ring is 1. The Balaban J connectivity index is 1.40. The van der Waals surface area contributed by atoms with Crippen molar-refractivity contribution < 1.29 is 31.9 Å². The van der Waals surface area contributed by atoms with Crippen molar-refractivity contribution in [3.8, 4) is 0 Å². The first kappa shape index (κ1) is 25.5. The molecule has 2 aliphatic heterocycles. The van der Waals surface area contributed by atoms with Gasteiger partial charge in [-0.3, -0.25) is 15.1 Å². The first-order valence-corrected chi connectivity index (χ1v) is 11.3. The number of halogens is 4. The summed E-state index contributed by atoms with van der Waals surface area (Å²) in [5.41, 5.74) is 10.4. The molecule has 0 spiro atoms. The molecule has 0 saturated carbocycles. The Morgan fingerprint density at radius 2 is 1.92 bits per heavy atom. The van der Waals surface area contributed by atoms with Gasteiger partial charge in [0.25, 0.3) is 5.91 Å². The van der Waals surface area contributed by atoms with Crippen LogP contribution in [0.2, 0.25) is 0 Å². The highest BCUT2D eigenvalue weighted by atomic mass is 19.3. The molecule has 2 aromatic rings. The van der Waals surface area contributed by atoms with E-state index in [-0.39, 0.29) is 24.5 Å². The van der Waals surface area contributed by atoms with Crippen molar-refractivity contribution in [2.75, 3.05) is 54.8 Å². The summed E-state index contributed by atoms with van der Waals surface area (Å²) in [6.45, 7) is 1.69. The topological polar surface area (TPSA) is 103 Å². The number of benzene rings is 2. The number of carbonyl (C=O) groups is 2. The van der Waals surface area contributed by atoms with Crippen LogP contribution >= 0.6 is 0 Å². The predicted molar refractivity (Wildman–Crippen MR) is 124 cm³/mol. The van der Waals surface area contributed by atoms with E-state index in [4.69, 9.17) is 10.5 Å². The number of rotatable bonds is 7. The number of hydrazine groups is 1. The van der Waals surface area contributed by atoms with Gasteiger partial charge in [-0.2, -0.15) is 8.78 Å². The molecule has 0 aliphatic carbocycles. The third-order valence-corrected chi connectivity index (χ3v) is 5.89. The summed E-state index contributed by atoms with van der Waals surface area (Å²) in [6.07, 6.45) is -5.03. The van der Waals surface area contributed by atoms with Crippen LogP contribution in [0.1, 0.15) is 5.56 Å². The molecule has 2 aliphatic rings. The molecule has 194 valence electrons. The fourth-order valence-electron chi connectivity index (χ4n) is 4.19. The number of carbonyl (C=O) groups excluding carboxylic acids is 2. The van der Waals surface area contributed by atoms with Crippen molar-refractivity contribution in [2.45, 2.75) is 19.1 Å². The number of nitrogens with one attached hydrogen (secondary N) is 2. The summed E-state index contributed by atoms with van der Waals surface area (Å²) in [5.74, 6) is -3.20. The molecular formula is C23H26F4N6O3. The highest BCUT2D eigenvalue weighted by Crippen LogP contribution is 2.31. The average Bonchev–Trinajstić information content (AvgIpc) is 3.04. The molecule has 2 fully saturated rings. The van der Waals surface area contributed by atoms with Gasteiger partial charge in [-0.1, -0.05) is 12.1 Å². The summed E-state index contributed by atoms with van der Waals surface area (Å²) < 4.78 is 59.9. The van der Waals surface area contributed by atoms with Gasteiger partial charge in [0.1, 0.15) is 11.8 Å². The minimum atomic E-state index is -3.20. The second-order valence-electron chi connectivity index (χ2n) is 8.48. The van der Waals surface area contributed by atoms with Crippen LogP contribution in [0.25, 0.3) is 0 Å². The molecular weight excluding hydrogens is 484 g/mol. The van der Waals surface area contributed by atoms with E-state index >= 15 is 8.78 Å². The molecule has 13 heteroatoms. The molecule has 36 heavy (non-hydrogen) atoms. The minimum Gasteiger partial charge on any atom is -0.442 e. The second-order valence-corrected chi connectivity index (χ2v) is 8.48. The van der Waals surface area contributed by atoms with Crippen LogP contribution in [0.3, 0.4) is 0 Å². The lowest BCUT2D eigenvalue weighted by atomic mass is 10.2. The van der Waals surface area contributed by atoms with E-state index in [1.807, 2.05) is 28.5 Å². The van der Waals surface area contributed by atoms with E-state index < -0.39 is 36.2 Å². The molecule has 1 unspecified atom stereocenters. The van der Waals surface area contributed by atoms with Crippen LogP contribution in [-0.2, 0) is 16.1 Å². The minimum absolute atomic E-state index is 0.0716. The third-order valence-electron chi connectivity index (χ3n) is 5.89. The number of hydrogen-bond acceptors (Lipinski definition) is 7. The van der Waals surface area contributed by atoms with Gasteiger partial charge in [0.2, 0.25) is 0 Å². The van der Waals surface area contributed by atoms with E-state index in [2.05, 4.69) is 5.43 Å². The molecule has 9 nitrogen and oxygen atoms in total. The predicted octanol–water partition coefficient (Wildman–Crippen LogP) is 2.08. The fourth-order valence-corrected chi connectivity index (χ4v) is 4.19. The summed E-state index contributed by atoms with van der Waals surface area (Å²) in [6, 6.07) is 9.52. The van der Waals surface area contributed by atoms with Crippen molar-refractivity contribution in [3.63, 3.8) is 0 Å². The Bertz CT molecular complexity index is 1100. The number of nitrogens with zero attached hydrogens (tertiary/aromatic N) is 3. The largest absolute Gasteiger partial charge is 0.442 e. The average molecular weight is 510 g/mol. The normalized spacial score (nSPS) is 18.9. The lowest BCUT2D eigenvalue weighted by Crippen LogP contribution is -2.38. The smallest absolute Gasteiger partial charge is 0.414 e. The van der Waals surface area contributed by atoms with Gasteiger partial charge in [0.05, 0.1) is 18.8 Å². The molecule has 0 bridgehead atoms. The van der Waals surface area contributed by atoms with Crippen molar-refractivity contribution in [1.29, 1.82) is 0 Å². The summed E-state index contributed by atoms with van der Waals surface area (Å²) >= 11 is 0. The summed E-state index contributed by atoms with van der Waals surface area (Å²) in [7, 11) is 0. The maximum atomic E-state index is 15.1. The number of hydrogen-bond donors (Lipinski definition) is 3. The third kappa shape index (κ3) is 5.97. The van der Waals surface area contributed by atoms with Gasteiger partial charge in [-0.05, 0) is 17.7 Å². The van der Waals surface area contributed by atoms with Gasteiger partial charge in [0.15, 0.2) is 11.6 Å². The first-order chi connectivity index (χ1) is 17.2. The van der Waals surface area contributed by atoms with E-state index in [9.17, 15) is 18.4 Å². The standard InChI is InChI=1S/C23H26F4N6O3/c24-18-9-16(33-13-17(36-23(33)35)11-29-22(34)21(26)27)10-19(25)20(18)31-5-4-30-32(7-6-31)12-14-2-1-3-15(28)8-14/h1-3,8-10,17,21,30H,4-7,11-13,28H2,(H,29,34). The SMILES string of the molecule is Nc1cccc(CN2CCN(c3c(F)cc(N4CC(CNC(=O)C(F)F)OC4=O)cc3F)CCN2)c1. The quantitative estimate of drug-likeness (QED) is 0.387. The fraction of sp³-hybridized carbons (Fsp3) is 0.391. The molecule has 0 radical (unpaired) electrons. The van der Waals surface area contributed by atoms with Crippen molar-refractivity contribution in [1.82, 2.24) is 15.8 Å². The maximum absolute atomic E-state index is 15.1. The van der Waals surface area contributed by atoms with Gasteiger partial charge >= 0.3 is 12.5 Å². The summed E-state index contributed by atoms with van der Waals surface area (Å²) in [5, 5.41) is 3.91. The van der Waals surface area contributed by atoms with Crippen molar-refractivity contribution >= 4 is 29.1 Å². The number of ether oxygens (including phenoxy) is 1. The zero-order valence-corrected chi connectivity index (χ0v) is 19.2. The Morgan fingerprint density at radius 1 is 1.17 bits per heavy atom. The summed E-state index contributed by atoms with van der Waals surface area (Å²) in [4.78, 5) is 25.8. The van der Waals surface area contributed by atoms with Gasteiger partial charge in [0, 0.05) is 50.5 Å². The van der Waals surface area contributed by atoms with Crippen LogP contribution in [-0.4, -0.2) is 68.8 Å². The Morgan fingerprint density at radius 3 is 2.61 bits per heavy atom. The van der Waals surface area contributed by atoms with E-state index in [1.54, 1.807) is 11.0 Å². The van der Waals surface area contributed by atoms with Crippen LogP contribution < -0.4 is 26.3 Å². The maximum Gasteiger partial charge on any atom is 0.414 e. The zero-order chi connectivity index (χ0) is 25.8. The first-order valence-electron chi connectivity index (χ1n) is 11.3. The molecule has 2 saturated heterocycles. The Kier molecular flexibility index (Phi) is 7.79. The molecule has 2 aromatic carbocycles. The molecule has 2 amide bonds. The van der Waals surface area contributed by atoms with Crippen molar-refractivity contribution in [2.24, 2.45) is 0 Å². The number of cyclic esters (lactones) is 1. The zero-order valence-electron chi connectivity index (χ0n) is 19.2. The van der Waals surface area contributed by atoms with Gasteiger partial charge in [-0.25, -0.2) is 18.6 Å². The number of amides is 2. The number of anilines is 3. The molecule has 1 atom stereocenters. The molecule has 4 rings (SSSR count). The highest BCUT2D eigenvalue weighted by molar-refractivity contribution is 5.90. The van der Waals surface area contributed by atoms with Crippen LogP contribution in [0.4, 0.5) is 39.4 Å². The molecule has 4 N–H and O–H groups in total. The van der Waals surface area contributed by atoms with Crippen LogP contribution in [0, 0.1) is 11.6 Å². The molecule has 0 aromatic heterocycles. The Labute approximate surface area is 204 Å². The van der Waals surface area contributed by atoms with E-state index in [1.165, 1.54) is 0 Å². The monoisotopic (exact) mass is 510 g/mol. The highest BCUT2D eigenvalue weighted by Gasteiger charge is 2.34. The van der Waals surface area contributed by atoms with E-state index in [0.717, 1.165) is 22.6 Å². The van der Waals surface area contributed by atoms with Crippen LogP contribution in [0.15, 0.2) is 36.4 Å². The lowest BCUT2D eigenvalue weighted by molar-refractivity contribution is -0.132. The van der Waals surface area contributed by atoms with E-state index in [0.29, 0.717) is 38.4 Å². The van der Waals surface area contributed by atoms with Gasteiger partial charge < -0.3 is 20.7 Å². The second kappa shape index (κ2) is 11.0. The van der Waals surface area contributed by atoms with Crippen LogP contribution in [0.5, 0.6) is 0 Å².